The summed E-state index contributed by atoms with van der Waals surface area (Å²) in [5.74, 6) is 1.66. The summed E-state index contributed by atoms with van der Waals surface area (Å²) in [6, 6.07) is 1.37. The van der Waals surface area contributed by atoms with Crippen molar-refractivity contribution in [3.8, 4) is 0 Å². The maximum atomic E-state index is 5.58. The molecule has 1 N–H and O–H groups in total. The van der Waals surface area contributed by atoms with Gasteiger partial charge in [0.15, 0.2) is 0 Å². The fourth-order valence-electron chi connectivity index (χ4n) is 3.81. The molecule has 0 aromatic heterocycles. The van der Waals surface area contributed by atoms with Crippen molar-refractivity contribution in [1.29, 1.82) is 0 Å². The second kappa shape index (κ2) is 6.17. The van der Waals surface area contributed by atoms with Gasteiger partial charge in [-0.05, 0) is 38.1 Å². The van der Waals surface area contributed by atoms with Gasteiger partial charge in [-0.15, -0.1) is 0 Å². The second-order valence-corrected chi connectivity index (χ2v) is 5.94. The van der Waals surface area contributed by atoms with Gasteiger partial charge in [0.1, 0.15) is 0 Å². The average Bonchev–Trinajstić information content (AvgIpc) is 2.56. The molecule has 4 unspecified atom stereocenters. The highest BCUT2D eigenvalue weighted by Crippen LogP contribution is 2.32. The molecule has 0 radical (unpaired) electrons. The van der Waals surface area contributed by atoms with Gasteiger partial charge in [0.25, 0.3) is 0 Å². The molecule has 2 aliphatic rings. The Labute approximate surface area is 106 Å². The van der Waals surface area contributed by atoms with E-state index in [0.717, 1.165) is 31.6 Å². The fourth-order valence-corrected chi connectivity index (χ4v) is 3.81. The van der Waals surface area contributed by atoms with Crippen molar-refractivity contribution in [3.05, 3.63) is 0 Å². The maximum Gasteiger partial charge on any atom is 0.0593 e. The molecule has 1 saturated heterocycles. The fraction of sp³-hybridized carbons (Fsp3) is 1.00. The van der Waals surface area contributed by atoms with E-state index in [1.165, 1.54) is 25.8 Å². The van der Waals surface area contributed by atoms with Crippen LogP contribution >= 0.6 is 0 Å². The molecule has 100 valence electrons. The summed E-state index contributed by atoms with van der Waals surface area (Å²) in [7, 11) is 2.12. The van der Waals surface area contributed by atoms with Crippen molar-refractivity contribution < 1.29 is 4.74 Å². The lowest BCUT2D eigenvalue weighted by Gasteiger charge is -2.45. The molecule has 0 amide bonds. The van der Waals surface area contributed by atoms with E-state index in [0.29, 0.717) is 12.1 Å². The summed E-state index contributed by atoms with van der Waals surface area (Å²) < 4.78 is 5.58. The molecular formula is C14H28N2O. The highest BCUT2D eigenvalue weighted by atomic mass is 16.5. The van der Waals surface area contributed by atoms with Crippen LogP contribution in [-0.4, -0.2) is 50.3 Å². The van der Waals surface area contributed by atoms with Gasteiger partial charge in [0.05, 0.1) is 6.61 Å². The molecule has 1 saturated carbocycles. The quantitative estimate of drug-likeness (QED) is 0.795. The van der Waals surface area contributed by atoms with Crippen LogP contribution in [0.5, 0.6) is 0 Å². The SMILES string of the molecule is CNC1CC(C)CC(C)C1N1CCCOCC1. The largest absolute Gasteiger partial charge is 0.380 e. The van der Waals surface area contributed by atoms with E-state index in [1.54, 1.807) is 0 Å². The summed E-state index contributed by atoms with van der Waals surface area (Å²) in [6.07, 6.45) is 3.89. The van der Waals surface area contributed by atoms with Crippen molar-refractivity contribution in [2.45, 2.75) is 45.2 Å². The maximum absolute atomic E-state index is 5.58. The topological polar surface area (TPSA) is 24.5 Å². The standard InChI is InChI=1S/C14H28N2O/c1-11-9-12(2)14(13(10-11)15-3)16-5-4-7-17-8-6-16/h11-15H,4-10H2,1-3H3. The van der Waals surface area contributed by atoms with E-state index in [1.807, 2.05) is 0 Å². The van der Waals surface area contributed by atoms with Crippen LogP contribution in [0.15, 0.2) is 0 Å². The molecule has 1 aliphatic carbocycles. The Kier molecular flexibility index (Phi) is 4.83. The Bertz CT molecular complexity index is 226. The number of nitrogens with one attached hydrogen (secondary N) is 1. The molecular weight excluding hydrogens is 212 g/mol. The van der Waals surface area contributed by atoms with Crippen molar-refractivity contribution in [2.75, 3.05) is 33.4 Å². The van der Waals surface area contributed by atoms with Crippen molar-refractivity contribution in [1.82, 2.24) is 10.2 Å². The lowest BCUT2D eigenvalue weighted by atomic mass is 9.76. The molecule has 4 atom stereocenters. The molecule has 0 aromatic carbocycles. The van der Waals surface area contributed by atoms with Gasteiger partial charge < -0.3 is 10.1 Å². The van der Waals surface area contributed by atoms with Crippen molar-refractivity contribution >= 4 is 0 Å². The Morgan fingerprint density at radius 1 is 1.12 bits per heavy atom. The van der Waals surface area contributed by atoms with Crippen LogP contribution in [-0.2, 0) is 4.74 Å². The first-order chi connectivity index (χ1) is 8.22. The summed E-state index contributed by atoms with van der Waals surface area (Å²) in [6.45, 7) is 9.00. The van der Waals surface area contributed by atoms with Gasteiger partial charge in [-0.3, -0.25) is 4.90 Å². The van der Waals surface area contributed by atoms with Gasteiger partial charge in [-0.25, -0.2) is 0 Å². The van der Waals surface area contributed by atoms with Crippen molar-refractivity contribution in [2.24, 2.45) is 11.8 Å². The van der Waals surface area contributed by atoms with Gasteiger partial charge in [-0.1, -0.05) is 13.8 Å². The van der Waals surface area contributed by atoms with Crippen LogP contribution in [0.1, 0.15) is 33.1 Å². The Morgan fingerprint density at radius 2 is 1.94 bits per heavy atom. The third-order valence-corrected chi connectivity index (χ3v) is 4.47. The van der Waals surface area contributed by atoms with E-state index in [-0.39, 0.29) is 0 Å². The predicted molar refractivity (Wildman–Crippen MR) is 71.2 cm³/mol. The second-order valence-electron chi connectivity index (χ2n) is 5.94. The van der Waals surface area contributed by atoms with E-state index < -0.39 is 0 Å². The monoisotopic (exact) mass is 240 g/mol. The number of nitrogens with zero attached hydrogens (tertiary/aromatic N) is 1. The Morgan fingerprint density at radius 3 is 2.71 bits per heavy atom. The zero-order valence-corrected chi connectivity index (χ0v) is 11.6. The minimum Gasteiger partial charge on any atom is -0.380 e. The molecule has 1 aliphatic heterocycles. The predicted octanol–water partition coefficient (Wildman–Crippen LogP) is 1.73. The molecule has 2 fully saturated rings. The number of hydrogen-bond acceptors (Lipinski definition) is 3. The van der Waals surface area contributed by atoms with Gasteiger partial charge >= 0.3 is 0 Å². The number of rotatable bonds is 2. The molecule has 0 bridgehead atoms. The minimum absolute atomic E-state index is 0.659. The molecule has 3 nitrogen and oxygen atoms in total. The third kappa shape index (κ3) is 3.21. The molecule has 0 aromatic rings. The Hall–Kier alpha value is -0.120. The molecule has 3 heteroatoms. The lowest BCUT2D eigenvalue weighted by Crippen LogP contribution is -2.56. The first kappa shape index (κ1) is 13.3. The van der Waals surface area contributed by atoms with Gasteiger partial charge in [0, 0.05) is 31.8 Å². The van der Waals surface area contributed by atoms with E-state index >= 15 is 0 Å². The highest BCUT2D eigenvalue weighted by Gasteiger charge is 2.36. The smallest absolute Gasteiger partial charge is 0.0593 e. The van der Waals surface area contributed by atoms with Crippen LogP contribution in [0, 0.1) is 11.8 Å². The number of ether oxygens (including phenoxy) is 1. The van der Waals surface area contributed by atoms with Crippen molar-refractivity contribution in [3.63, 3.8) is 0 Å². The molecule has 2 rings (SSSR count). The van der Waals surface area contributed by atoms with E-state index in [2.05, 4.69) is 31.1 Å². The summed E-state index contributed by atoms with van der Waals surface area (Å²) >= 11 is 0. The van der Waals surface area contributed by atoms with Crippen LogP contribution in [0.25, 0.3) is 0 Å². The van der Waals surface area contributed by atoms with Gasteiger partial charge in [0.2, 0.25) is 0 Å². The zero-order chi connectivity index (χ0) is 12.3. The molecule has 0 spiro atoms. The highest BCUT2D eigenvalue weighted by molar-refractivity contribution is 4.93. The molecule has 17 heavy (non-hydrogen) atoms. The zero-order valence-electron chi connectivity index (χ0n) is 11.6. The van der Waals surface area contributed by atoms with Crippen LogP contribution < -0.4 is 5.32 Å². The number of hydrogen-bond donors (Lipinski definition) is 1. The lowest BCUT2D eigenvalue weighted by molar-refractivity contribution is 0.0594. The first-order valence-corrected chi connectivity index (χ1v) is 7.21. The summed E-state index contributed by atoms with van der Waals surface area (Å²) in [5, 5.41) is 3.55. The third-order valence-electron chi connectivity index (χ3n) is 4.47. The molecule has 1 heterocycles. The first-order valence-electron chi connectivity index (χ1n) is 7.21. The van der Waals surface area contributed by atoms with Gasteiger partial charge in [-0.2, -0.15) is 0 Å². The van der Waals surface area contributed by atoms with Crippen LogP contribution in [0.2, 0.25) is 0 Å². The van der Waals surface area contributed by atoms with E-state index in [9.17, 15) is 0 Å². The summed E-state index contributed by atoms with van der Waals surface area (Å²) in [4.78, 5) is 2.67. The normalized spacial score (nSPS) is 41.1. The Balaban J connectivity index is 2.04. The van der Waals surface area contributed by atoms with Crippen LogP contribution in [0.4, 0.5) is 0 Å². The average molecular weight is 240 g/mol. The van der Waals surface area contributed by atoms with Crippen LogP contribution in [0.3, 0.4) is 0 Å². The van der Waals surface area contributed by atoms with E-state index in [4.69, 9.17) is 4.74 Å². The minimum atomic E-state index is 0.659. The summed E-state index contributed by atoms with van der Waals surface area (Å²) in [5.41, 5.74) is 0. The number of likely N-dealkylation sites (N-methyl/N-ethyl adjacent to an activating group) is 1.